The first kappa shape index (κ1) is 16.6. The molecule has 8 heteroatoms. The number of amides is 1. The van der Waals surface area contributed by atoms with Gasteiger partial charge in [0, 0.05) is 12.7 Å². The molecule has 0 aliphatic heterocycles. The molecule has 0 bridgehead atoms. The van der Waals surface area contributed by atoms with Gasteiger partial charge in [-0.2, -0.15) is 13.2 Å². The zero-order valence-electron chi connectivity index (χ0n) is 12.3. The first-order chi connectivity index (χ1) is 10.1. The molecule has 120 valence electrons. The molecule has 2 aromatic heterocycles. The van der Waals surface area contributed by atoms with E-state index in [1.165, 1.54) is 0 Å². The van der Waals surface area contributed by atoms with Crippen molar-refractivity contribution in [3.05, 3.63) is 34.2 Å². The van der Waals surface area contributed by atoms with Crippen LogP contribution in [0.25, 0.3) is 5.65 Å². The first-order valence-corrected chi connectivity index (χ1v) is 7.02. The van der Waals surface area contributed by atoms with Crippen LogP contribution >= 0.6 is 11.6 Å². The van der Waals surface area contributed by atoms with Gasteiger partial charge in [0.25, 0.3) is 5.91 Å². The summed E-state index contributed by atoms with van der Waals surface area (Å²) in [6, 6.07) is 0.805. The van der Waals surface area contributed by atoms with Crippen molar-refractivity contribution in [3.8, 4) is 0 Å². The molecule has 0 atom stereocenters. The van der Waals surface area contributed by atoms with Crippen LogP contribution in [0.15, 0.2) is 12.3 Å². The number of hydrogen-bond acceptors (Lipinski definition) is 2. The van der Waals surface area contributed by atoms with Gasteiger partial charge in [-0.1, -0.05) is 25.4 Å². The summed E-state index contributed by atoms with van der Waals surface area (Å²) < 4.78 is 39.8. The Balaban J connectivity index is 2.56. The molecule has 0 aliphatic carbocycles. The topological polar surface area (TPSA) is 46.4 Å². The minimum Gasteiger partial charge on any atom is -0.350 e. The van der Waals surface area contributed by atoms with Gasteiger partial charge in [0.05, 0.1) is 16.3 Å². The van der Waals surface area contributed by atoms with E-state index in [1.54, 1.807) is 6.92 Å². The van der Waals surface area contributed by atoms with Crippen LogP contribution in [-0.4, -0.2) is 21.8 Å². The second-order valence-electron chi connectivity index (χ2n) is 5.42. The van der Waals surface area contributed by atoms with Gasteiger partial charge in [-0.3, -0.25) is 9.20 Å². The van der Waals surface area contributed by atoms with E-state index in [0.29, 0.717) is 12.2 Å². The molecule has 0 radical (unpaired) electrons. The van der Waals surface area contributed by atoms with E-state index in [4.69, 9.17) is 11.6 Å². The summed E-state index contributed by atoms with van der Waals surface area (Å²) in [5, 5.41) is 2.52. The molecule has 0 fully saturated rings. The van der Waals surface area contributed by atoms with Gasteiger partial charge >= 0.3 is 6.18 Å². The summed E-state index contributed by atoms with van der Waals surface area (Å²) >= 11 is 5.87. The number of imidazole rings is 1. The van der Waals surface area contributed by atoms with Gasteiger partial charge in [-0.25, -0.2) is 4.98 Å². The number of halogens is 4. The molecule has 0 aromatic carbocycles. The average Bonchev–Trinajstić information content (AvgIpc) is 2.72. The van der Waals surface area contributed by atoms with Crippen LogP contribution in [0.2, 0.25) is 5.02 Å². The highest BCUT2D eigenvalue weighted by molar-refractivity contribution is 6.33. The monoisotopic (exact) mass is 333 g/mol. The summed E-state index contributed by atoms with van der Waals surface area (Å²) in [4.78, 5) is 16.3. The lowest BCUT2D eigenvalue weighted by molar-refractivity contribution is -0.137. The summed E-state index contributed by atoms with van der Waals surface area (Å²) in [5.41, 5.74) is -0.423. The number of alkyl halides is 3. The van der Waals surface area contributed by atoms with Crippen LogP contribution in [0.1, 0.15) is 35.6 Å². The molecule has 22 heavy (non-hydrogen) atoms. The van der Waals surface area contributed by atoms with E-state index < -0.39 is 17.6 Å². The number of aryl methyl sites for hydroxylation is 1. The summed E-state index contributed by atoms with van der Waals surface area (Å²) in [6.07, 6.45) is -3.72. The first-order valence-electron chi connectivity index (χ1n) is 6.65. The standard InChI is InChI=1S/C14H15ClF3N3O/c1-7(2)5-19-13(22)11-8(3)20-12-10(15)4-9(6-21(11)12)14(16,17)18/h4,6-7H,5H2,1-3H3,(H,19,22). The maximum atomic E-state index is 12.9. The van der Waals surface area contributed by atoms with Crippen LogP contribution in [0.4, 0.5) is 13.2 Å². The molecular formula is C14H15ClF3N3O. The Morgan fingerprint density at radius 3 is 2.64 bits per heavy atom. The SMILES string of the molecule is Cc1nc2c(Cl)cc(C(F)(F)F)cn2c1C(=O)NCC(C)C. The van der Waals surface area contributed by atoms with Crippen molar-refractivity contribution in [3.63, 3.8) is 0 Å². The highest BCUT2D eigenvalue weighted by Crippen LogP contribution is 2.33. The predicted octanol–water partition coefficient (Wildman–Crippen LogP) is 3.70. The van der Waals surface area contributed by atoms with E-state index >= 15 is 0 Å². The Morgan fingerprint density at radius 2 is 2.09 bits per heavy atom. The number of carbonyl (C=O) groups excluding carboxylic acids is 1. The minimum absolute atomic E-state index is 0.0589. The molecule has 0 saturated carbocycles. The number of pyridine rings is 1. The fourth-order valence-corrected chi connectivity index (χ4v) is 2.28. The minimum atomic E-state index is -4.55. The molecule has 0 unspecified atom stereocenters. The fourth-order valence-electron chi connectivity index (χ4n) is 2.03. The normalized spacial score (nSPS) is 12.2. The molecule has 1 N–H and O–H groups in total. The van der Waals surface area contributed by atoms with Crippen molar-refractivity contribution in [1.82, 2.24) is 14.7 Å². The Morgan fingerprint density at radius 1 is 1.45 bits per heavy atom. The lowest BCUT2D eigenvalue weighted by atomic mass is 10.2. The van der Waals surface area contributed by atoms with Crippen LogP contribution in [0, 0.1) is 12.8 Å². The van der Waals surface area contributed by atoms with Gasteiger partial charge in [0.1, 0.15) is 5.69 Å². The number of rotatable bonds is 3. The van der Waals surface area contributed by atoms with E-state index in [1.807, 2.05) is 13.8 Å². The smallest absolute Gasteiger partial charge is 0.350 e. The average molecular weight is 334 g/mol. The van der Waals surface area contributed by atoms with Crippen molar-refractivity contribution < 1.29 is 18.0 Å². The third-order valence-electron chi connectivity index (χ3n) is 3.06. The summed E-state index contributed by atoms with van der Waals surface area (Å²) in [6.45, 7) is 5.81. The van der Waals surface area contributed by atoms with E-state index in [9.17, 15) is 18.0 Å². The molecule has 2 heterocycles. The number of nitrogens with zero attached hydrogens (tertiary/aromatic N) is 2. The number of nitrogens with one attached hydrogen (secondary N) is 1. The van der Waals surface area contributed by atoms with Crippen LogP contribution < -0.4 is 5.32 Å². The summed E-state index contributed by atoms with van der Waals surface area (Å²) in [7, 11) is 0. The van der Waals surface area contributed by atoms with E-state index in [2.05, 4.69) is 10.3 Å². The van der Waals surface area contributed by atoms with Gasteiger partial charge < -0.3 is 5.32 Å². The second-order valence-corrected chi connectivity index (χ2v) is 5.82. The lowest BCUT2D eigenvalue weighted by Gasteiger charge is -2.11. The van der Waals surface area contributed by atoms with Crippen molar-refractivity contribution in [1.29, 1.82) is 0 Å². The largest absolute Gasteiger partial charge is 0.417 e. The lowest BCUT2D eigenvalue weighted by Crippen LogP contribution is -2.29. The molecule has 1 amide bonds. The summed E-state index contributed by atoms with van der Waals surface area (Å²) in [5.74, 6) is -0.258. The number of carbonyl (C=O) groups is 1. The van der Waals surface area contributed by atoms with Crippen molar-refractivity contribution in [2.24, 2.45) is 5.92 Å². The second kappa shape index (κ2) is 5.79. The van der Waals surface area contributed by atoms with E-state index in [-0.39, 0.29) is 22.3 Å². The fraction of sp³-hybridized carbons (Fsp3) is 0.429. The zero-order valence-corrected chi connectivity index (χ0v) is 13.0. The Bertz CT molecular complexity index is 722. The maximum Gasteiger partial charge on any atom is 0.417 e. The third-order valence-corrected chi connectivity index (χ3v) is 3.34. The van der Waals surface area contributed by atoms with E-state index in [0.717, 1.165) is 16.7 Å². The Kier molecular flexibility index (Phi) is 4.37. The van der Waals surface area contributed by atoms with Crippen LogP contribution in [-0.2, 0) is 6.18 Å². The van der Waals surface area contributed by atoms with Crippen LogP contribution in [0.3, 0.4) is 0 Å². The Hall–Kier alpha value is -1.76. The molecule has 0 spiro atoms. The van der Waals surface area contributed by atoms with Crippen LogP contribution in [0.5, 0.6) is 0 Å². The highest BCUT2D eigenvalue weighted by Gasteiger charge is 2.32. The molecular weight excluding hydrogens is 319 g/mol. The van der Waals surface area contributed by atoms with Crippen molar-refractivity contribution in [2.75, 3.05) is 6.54 Å². The zero-order chi connectivity index (χ0) is 16.7. The molecule has 4 nitrogen and oxygen atoms in total. The molecule has 0 aliphatic rings. The number of fused-ring (bicyclic) bond motifs is 1. The molecule has 0 saturated heterocycles. The van der Waals surface area contributed by atoms with Gasteiger partial charge in [0.15, 0.2) is 5.65 Å². The van der Waals surface area contributed by atoms with Gasteiger partial charge in [-0.15, -0.1) is 0 Å². The highest BCUT2D eigenvalue weighted by atomic mass is 35.5. The van der Waals surface area contributed by atoms with Crippen molar-refractivity contribution in [2.45, 2.75) is 26.9 Å². The molecule has 2 rings (SSSR count). The van der Waals surface area contributed by atoms with Gasteiger partial charge in [-0.05, 0) is 18.9 Å². The quantitative estimate of drug-likeness (QED) is 0.931. The number of hydrogen-bond donors (Lipinski definition) is 1. The molecule has 2 aromatic rings. The Labute approximate surface area is 130 Å². The number of aromatic nitrogens is 2. The third kappa shape index (κ3) is 3.19. The predicted molar refractivity (Wildman–Crippen MR) is 77.1 cm³/mol. The van der Waals surface area contributed by atoms with Gasteiger partial charge in [0.2, 0.25) is 0 Å². The maximum absolute atomic E-state index is 12.9. The van der Waals surface area contributed by atoms with Crippen molar-refractivity contribution >= 4 is 23.2 Å².